The number of carboxylic acid groups (broad SMARTS) is 2. The molecule has 82 valence electrons. The Morgan fingerprint density at radius 2 is 1.71 bits per heavy atom. The van der Waals surface area contributed by atoms with Crippen molar-refractivity contribution in [3.8, 4) is 0 Å². The van der Waals surface area contributed by atoms with Gasteiger partial charge in [-0.25, -0.2) is 0 Å². The summed E-state index contributed by atoms with van der Waals surface area (Å²) in [5.41, 5.74) is 0. The molecule has 0 aromatic rings. The molecular weight excluding hydrogens is 186 g/mol. The molecule has 0 radical (unpaired) electrons. The molecule has 0 fully saturated rings. The third-order valence-electron chi connectivity index (χ3n) is 2.14. The van der Waals surface area contributed by atoms with Crippen LogP contribution in [-0.2, 0) is 9.59 Å². The van der Waals surface area contributed by atoms with Crippen LogP contribution in [0, 0.1) is 5.92 Å². The summed E-state index contributed by atoms with van der Waals surface area (Å²) < 4.78 is 0. The van der Waals surface area contributed by atoms with E-state index in [1.807, 2.05) is 18.7 Å². The summed E-state index contributed by atoms with van der Waals surface area (Å²) in [6.45, 7) is 5.61. The molecule has 5 heteroatoms. The molecule has 1 atom stereocenters. The first-order valence-corrected chi connectivity index (χ1v) is 4.68. The van der Waals surface area contributed by atoms with Gasteiger partial charge in [0.25, 0.3) is 0 Å². The normalized spacial score (nSPS) is 12.8. The Kier molecular flexibility index (Phi) is 5.87. The van der Waals surface area contributed by atoms with E-state index >= 15 is 0 Å². The number of nitrogens with zero attached hydrogens (tertiary/aromatic N) is 1. The van der Waals surface area contributed by atoms with E-state index in [0.29, 0.717) is 6.54 Å². The highest BCUT2D eigenvalue weighted by atomic mass is 16.4. The lowest BCUT2D eigenvalue weighted by molar-refractivity contribution is -0.148. The quantitative estimate of drug-likeness (QED) is 0.630. The third-order valence-corrected chi connectivity index (χ3v) is 2.14. The highest BCUT2D eigenvalue weighted by molar-refractivity contribution is 5.77. The molecule has 0 aromatic carbocycles. The Hall–Kier alpha value is -1.10. The minimum Gasteiger partial charge on any atom is -0.481 e. The first kappa shape index (κ1) is 12.9. The zero-order chi connectivity index (χ0) is 11.1. The second-order valence-corrected chi connectivity index (χ2v) is 3.12. The highest BCUT2D eigenvalue weighted by Crippen LogP contribution is 2.06. The second kappa shape index (κ2) is 6.37. The fourth-order valence-corrected chi connectivity index (χ4v) is 1.23. The van der Waals surface area contributed by atoms with Crippen molar-refractivity contribution in [3.63, 3.8) is 0 Å². The fraction of sp³-hybridized carbons (Fsp3) is 0.778. The number of aliphatic carboxylic acids is 2. The van der Waals surface area contributed by atoms with Crippen LogP contribution in [0.3, 0.4) is 0 Å². The van der Waals surface area contributed by atoms with Gasteiger partial charge in [0, 0.05) is 6.54 Å². The maximum absolute atomic E-state index is 10.7. The van der Waals surface area contributed by atoms with Gasteiger partial charge in [0.2, 0.25) is 0 Å². The molecule has 0 rings (SSSR count). The van der Waals surface area contributed by atoms with E-state index in [2.05, 4.69) is 0 Å². The van der Waals surface area contributed by atoms with Crippen LogP contribution in [0.15, 0.2) is 0 Å². The number of hydrogen-bond acceptors (Lipinski definition) is 3. The molecule has 0 aliphatic rings. The summed E-state index contributed by atoms with van der Waals surface area (Å²) >= 11 is 0. The summed E-state index contributed by atoms with van der Waals surface area (Å²) in [7, 11) is 0. The van der Waals surface area contributed by atoms with E-state index in [-0.39, 0.29) is 6.42 Å². The fourth-order valence-electron chi connectivity index (χ4n) is 1.23. The summed E-state index contributed by atoms with van der Waals surface area (Å²) in [5, 5.41) is 17.3. The van der Waals surface area contributed by atoms with E-state index < -0.39 is 17.9 Å². The maximum atomic E-state index is 10.7. The van der Waals surface area contributed by atoms with Crippen molar-refractivity contribution in [2.24, 2.45) is 5.92 Å². The molecule has 14 heavy (non-hydrogen) atoms. The molecule has 5 nitrogen and oxygen atoms in total. The number of carbonyl (C=O) groups is 2. The summed E-state index contributed by atoms with van der Waals surface area (Å²) in [6, 6.07) is 0. The zero-order valence-corrected chi connectivity index (χ0v) is 8.56. The van der Waals surface area contributed by atoms with Gasteiger partial charge in [0.05, 0.1) is 12.3 Å². The maximum Gasteiger partial charge on any atom is 0.308 e. The van der Waals surface area contributed by atoms with Gasteiger partial charge >= 0.3 is 11.9 Å². The van der Waals surface area contributed by atoms with E-state index in [0.717, 1.165) is 13.1 Å². The van der Waals surface area contributed by atoms with Crippen molar-refractivity contribution >= 4 is 11.9 Å². The van der Waals surface area contributed by atoms with Gasteiger partial charge < -0.3 is 15.1 Å². The van der Waals surface area contributed by atoms with Crippen LogP contribution in [0.1, 0.15) is 20.3 Å². The van der Waals surface area contributed by atoms with Crippen molar-refractivity contribution in [1.82, 2.24) is 4.90 Å². The van der Waals surface area contributed by atoms with Gasteiger partial charge in [-0.15, -0.1) is 0 Å². The molecule has 0 heterocycles. The third kappa shape index (κ3) is 4.81. The van der Waals surface area contributed by atoms with Crippen LogP contribution >= 0.6 is 0 Å². The molecular formula is C9H17NO4. The van der Waals surface area contributed by atoms with Gasteiger partial charge in [-0.3, -0.25) is 9.59 Å². The standard InChI is InChI=1S/C9H17NO4/c1-3-10(4-2)6-7(9(13)14)5-8(11)12/h7H,3-6H2,1-2H3,(H,11,12)(H,13,14). The van der Waals surface area contributed by atoms with Crippen LogP contribution in [0.25, 0.3) is 0 Å². The van der Waals surface area contributed by atoms with Gasteiger partial charge in [-0.05, 0) is 13.1 Å². The van der Waals surface area contributed by atoms with Crippen molar-refractivity contribution in [3.05, 3.63) is 0 Å². The van der Waals surface area contributed by atoms with Crippen molar-refractivity contribution in [1.29, 1.82) is 0 Å². The molecule has 1 unspecified atom stereocenters. The van der Waals surface area contributed by atoms with Crippen molar-refractivity contribution < 1.29 is 19.8 Å². The van der Waals surface area contributed by atoms with Crippen LogP contribution < -0.4 is 0 Å². The Bertz CT molecular complexity index is 201. The second-order valence-electron chi connectivity index (χ2n) is 3.12. The largest absolute Gasteiger partial charge is 0.481 e. The average molecular weight is 203 g/mol. The predicted molar refractivity (Wildman–Crippen MR) is 51.2 cm³/mol. The Balaban J connectivity index is 4.21. The van der Waals surface area contributed by atoms with E-state index in [1.54, 1.807) is 0 Å². The van der Waals surface area contributed by atoms with E-state index in [1.165, 1.54) is 0 Å². The minimum absolute atomic E-state index is 0.300. The minimum atomic E-state index is -1.07. The van der Waals surface area contributed by atoms with Crippen LogP contribution in [0.5, 0.6) is 0 Å². The average Bonchev–Trinajstić information content (AvgIpc) is 2.11. The molecule has 0 bridgehead atoms. The Morgan fingerprint density at radius 1 is 1.21 bits per heavy atom. The molecule has 0 saturated heterocycles. The number of carboxylic acids is 2. The number of hydrogen-bond donors (Lipinski definition) is 2. The van der Waals surface area contributed by atoms with Crippen LogP contribution in [-0.4, -0.2) is 46.7 Å². The van der Waals surface area contributed by atoms with Crippen molar-refractivity contribution in [2.45, 2.75) is 20.3 Å². The molecule has 0 aromatic heterocycles. The van der Waals surface area contributed by atoms with E-state index in [4.69, 9.17) is 10.2 Å². The monoisotopic (exact) mass is 203 g/mol. The summed E-state index contributed by atoms with van der Waals surface area (Å²) in [4.78, 5) is 23.0. The number of rotatable bonds is 7. The summed E-state index contributed by atoms with van der Waals surface area (Å²) in [5.74, 6) is -2.92. The molecule has 0 aliphatic heterocycles. The smallest absolute Gasteiger partial charge is 0.308 e. The highest BCUT2D eigenvalue weighted by Gasteiger charge is 2.22. The SMILES string of the molecule is CCN(CC)CC(CC(=O)O)C(=O)O. The molecule has 0 amide bonds. The first-order chi connectivity index (χ1) is 6.51. The summed E-state index contributed by atoms with van der Waals surface area (Å²) in [6.07, 6.45) is -0.314. The van der Waals surface area contributed by atoms with Crippen molar-refractivity contribution in [2.75, 3.05) is 19.6 Å². The molecule has 0 spiro atoms. The first-order valence-electron chi connectivity index (χ1n) is 4.68. The lowest BCUT2D eigenvalue weighted by Crippen LogP contribution is -2.34. The molecule has 2 N–H and O–H groups in total. The van der Waals surface area contributed by atoms with Gasteiger partial charge in [0.1, 0.15) is 0 Å². The topological polar surface area (TPSA) is 77.8 Å². The van der Waals surface area contributed by atoms with Gasteiger partial charge in [0.15, 0.2) is 0 Å². The molecule has 0 aliphatic carbocycles. The lowest BCUT2D eigenvalue weighted by Gasteiger charge is -2.21. The lowest BCUT2D eigenvalue weighted by atomic mass is 10.1. The van der Waals surface area contributed by atoms with E-state index in [9.17, 15) is 9.59 Å². The van der Waals surface area contributed by atoms with Crippen LogP contribution in [0.4, 0.5) is 0 Å². The zero-order valence-electron chi connectivity index (χ0n) is 8.56. The van der Waals surface area contributed by atoms with Gasteiger partial charge in [-0.2, -0.15) is 0 Å². The van der Waals surface area contributed by atoms with Crippen LogP contribution in [0.2, 0.25) is 0 Å². The molecule has 0 saturated carbocycles. The Morgan fingerprint density at radius 3 is 2.00 bits per heavy atom. The van der Waals surface area contributed by atoms with Gasteiger partial charge in [-0.1, -0.05) is 13.8 Å². The predicted octanol–water partition coefficient (Wildman–Crippen LogP) is 0.504. The Labute approximate surface area is 83.3 Å².